The highest BCUT2D eigenvalue weighted by Crippen LogP contribution is 2.43. The molecule has 2 saturated heterocycles. The molecule has 3 aliphatic heterocycles. The van der Waals surface area contributed by atoms with Gasteiger partial charge in [-0.15, -0.1) is 0 Å². The highest BCUT2D eigenvalue weighted by Gasteiger charge is 2.35. The van der Waals surface area contributed by atoms with Gasteiger partial charge in [-0.2, -0.15) is 4.98 Å². The van der Waals surface area contributed by atoms with Crippen LogP contribution in [0, 0.1) is 16.0 Å². The third kappa shape index (κ3) is 12.4. The van der Waals surface area contributed by atoms with Crippen LogP contribution in [0.2, 0.25) is 30.7 Å². The van der Waals surface area contributed by atoms with Crippen LogP contribution in [-0.2, 0) is 31.0 Å². The van der Waals surface area contributed by atoms with Gasteiger partial charge in [0.1, 0.15) is 29.9 Å². The Kier molecular flexibility index (Phi) is 16.1. The van der Waals surface area contributed by atoms with E-state index in [-0.39, 0.29) is 28.9 Å². The molecule has 5 heterocycles. The van der Waals surface area contributed by atoms with Gasteiger partial charge in [0.05, 0.1) is 33.2 Å². The highest BCUT2D eigenvalue weighted by molar-refractivity contribution is 7.90. The standard InChI is InChI=1S/C54H69ClN8O9SSi/c1-37-34-62(50-29-40-16-20-61(51(40)57-53(50)72-37)36-71-27-28-74(4,5)6)48-30-43(60-23-21-59(22-24-60)35-41-32-54(2,69-3)19-15-45(41)39-7-9-42(55)10-8-39)11-13-46(48)52(64)58-73(67,68)44-12-14-47(49(31-44)63(65)66)56-33-38-17-25-70-26-18-38/h7-14,16,20,29-31,37-38,56H,15,17-19,21-28,32-36H2,1-6H3,(H,58,64)/t37-,54?/m1/s1. The molecule has 9 rings (SSSR count). The number of benzene rings is 3. The van der Waals surface area contributed by atoms with E-state index < -0.39 is 39.5 Å². The summed E-state index contributed by atoms with van der Waals surface area (Å²) in [6.07, 6.45) is 5.87. The number of fused-ring (bicyclic) bond motifs is 2. The molecule has 4 aliphatic rings. The lowest BCUT2D eigenvalue weighted by Crippen LogP contribution is -2.47. The number of piperazine rings is 1. The fourth-order valence-electron chi connectivity index (χ4n) is 10.3. The van der Waals surface area contributed by atoms with E-state index in [1.54, 1.807) is 13.2 Å². The number of rotatable bonds is 18. The number of nitrogens with one attached hydrogen (secondary N) is 2. The number of nitro benzene ring substituents is 1. The van der Waals surface area contributed by atoms with Crippen LogP contribution in [0.3, 0.4) is 0 Å². The molecule has 1 amide bonds. The first-order valence-electron chi connectivity index (χ1n) is 25.7. The molecule has 2 aromatic heterocycles. The molecule has 20 heteroatoms. The Morgan fingerprint density at radius 1 is 1.00 bits per heavy atom. The first-order chi connectivity index (χ1) is 35.3. The van der Waals surface area contributed by atoms with Gasteiger partial charge in [-0.3, -0.25) is 19.8 Å². The minimum atomic E-state index is -4.61. The maximum Gasteiger partial charge on any atom is 0.293 e. The summed E-state index contributed by atoms with van der Waals surface area (Å²) in [5.41, 5.74) is 6.16. The number of methoxy groups -OCH3 is 1. The predicted molar refractivity (Wildman–Crippen MR) is 293 cm³/mol. The quantitative estimate of drug-likeness (QED) is 0.0366. The Bertz CT molecular complexity index is 3010. The molecule has 0 saturated carbocycles. The van der Waals surface area contributed by atoms with Crippen molar-refractivity contribution in [2.24, 2.45) is 5.92 Å². The molecule has 17 nitrogen and oxygen atoms in total. The zero-order valence-electron chi connectivity index (χ0n) is 43.3. The Hall–Kier alpha value is -5.54. The minimum absolute atomic E-state index is 0.0916. The zero-order valence-corrected chi connectivity index (χ0v) is 45.9. The second-order valence-corrected chi connectivity index (χ2v) is 29.3. The molecule has 2 N–H and O–H groups in total. The SMILES string of the molecule is COC1(C)CCC(c2ccc(Cl)cc2)=C(CN2CCN(c3ccc(C(=O)NS(=O)(=O)c4ccc(NCC5CCOCC5)c([N+](=O)[O-])c4)c(N4C[C@@H](C)Oc5nc6c(ccn6COCC[Si](C)(C)C)cc54)c3)CC2)C1. The number of carbonyl (C=O) groups excluding carboxylic acids is 1. The van der Waals surface area contributed by atoms with E-state index in [0.29, 0.717) is 80.7 Å². The lowest BCUT2D eigenvalue weighted by atomic mass is 9.79. The van der Waals surface area contributed by atoms with Crippen molar-refractivity contribution in [1.82, 2.24) is 19.2 Å². The molecule has 0 spiro atoms. The van der Waals surface area contributed by atoms with Gasteiger partial charge in [0.15, 0.2) is 0 Å². The van der Waals surface area contributed by atoms with E-state index >= 15 is 0 Å². The number of allylic oxidation sites excluding steroid dienone is 1. The van der Waals surface area contributed by atoms with Crippen molar-refractivity contribution in [3.05, 3.63) is 111 Å². The van der Waals surface area contributed by atoms with Crippen LogP contribution >= 0.6 is 11.6 Å². The number of sulfonamides is 1. The number of halogens is 1. The van der Waals surface area contributed by atoms with Gasteiger partial charge in [-0.05, 0) is 129 Å². The average Bonchev–Trinajstić information content (AvgIpc) is 3.77. The second-order valence-electron chi connectivity index (χ2n) is 21.6. The Balaban J connectivity index is 1.01. The number of hydrogen-bond acceptors (Lipinski definition) is 14. The molecule has 1 aliphatic carbocycles. The van der Waals surface area contributed by atoms with Gasteiger partial charge in [0.25, 0.3) is 21.6 Å². The number of nitrogens with zero attached hydrogens (tertiary/aromatic N) is 6. The lowest BCUT2D eigenvalue weighted by Gasteiger charge is -2.40. The van der Waals surface area contributed by atoms with Crippen molar-refractivity contribution in [2.45, 2.75) is 95.0 Å². The molecular formula is C54H69ClN8O9SSi. The molecular weight excluding hydrogens is 1000 g/mol. The van der Waals surface area contributed by atoms with E-state index in [4.69, 9.17) is 35.5 Å². The summed E-state index contributed by atoms with van der Waals surface area (Å²) in [5.74, 6) is -0.261. The number of nitro groups is 1. The minimum Gasteiger partial charge on any atom is -0.471 e. The highest BCUT2D eigenvalue weighted by atomic mass is 35.5. The number of hydrogen-bond donors (Lipinski definition) is 2. The van der Waals surface area contributed by atoms with Gasteiger partial charge < -0.3 is 38.6 Å². The summed E-state index contributed by atoms with van der Waals surface area (Å²) in [6, 6.07) is 22.2. The second kappa shape index (κ2) is 22.3. The molecule has 2 atom stereocenters. The predicted octanol–water partition coefficient (Wildman–Crippen LogP) is 9.95. The molecule has 3 aromatic carbocycles. The van der Waals surface area contributed by atoms with Gasteiger partial charge in [-0.25, -0.2) is 13.1 Å². The number of pyridine rings is 1. The number of ether oxygens (including phenoxy) is 4. The summed E-state index contributed by atoms with van der Waals surface area (Å²) in [4.78, 5) is 37.7. The molecule has 0 radical (unpaired) electrons. The largest absolute Gasteiger partial charge is 0.471 e. The Morgan fingerprint density at radius 3 is 2.47 bits per heavy atom. The van der Waals surface area contributed by atoms with E-state index in [1.807, 2.05) is 59.0 Å². The van der Waals surface area contributed by atoms with Crippen LogP contribution in [-0.4, -0.2) is 126 Å². The van der Waals surface area contributed by atoms with E-state index in [1.165, 1.54) is 28.8 Å². The number of anilines is 4. The number of carbonyl (C=O) groups is 1. The van der Waals surface area contributed by atoms with Crippen LogP contribution in [0.1, 0.15) is 61.9 Å². The summed E-state index contributed by atoms with van der Waals surface area (Å²) in [5, 5.41) is 17.0. The maximum atomic E-state index is 14.6. The Labute approximate surface area is 440 Å². The molecule has 5 aromatic rings. The fraction of sp³-hybridized carbons (Fsp3) is 0.481. The van der Waals surface area contributed by atoms with Crippen LogP contribution in [0.15, 0.2) is 89.5 Å². The maximum absolute atomic E-state index is 14.6. The summed E-state index contributed by atoms with van der Waals surface area (Å²) < 4.78 is 56.4. The number of aromatic nitrogens is 2. The lowest BCUT2D eigenvalue weighted by molar-refractivity contribution is -0.384. The van der Waals surface area contributed by atoms with Crippen LogP contribution in [0.4, 0.5) is 28.4 Å². The average molecular weight is 1070 g/mol. The first-order valence-corrected chi connectivity index (χ1v) is 31.2. The van der Waals surface area contributed by atoms with Crippen molar-refractivity contribution in [3.8, 4) is 5.88 Å². The van der Waals surface area contributed by atoms with Crippen LogP contribution in [0.5, 0.6) is 5.88 Å². The zero-order chi connectivity index (χ0) is 52.4. The molecule has 2 fully saturated rings. The molecule has 74 heavy (non-hydrogen) atoms. The van der Waals surface area contributed by atoms with Gasteiger partial charge in [-0.1, -0.05) is 43.4 Å². The van der Waals surface area contributed by atoms with Crippen LogP contribution < -0.4 is 24.6 Å². The third-order valence-electron chi connectivity index (χ3n) is 14.9. The smallest absolute Gasteiger partial charge is 0.293 e. The van der Waals surface area contributed by atoms with Crippen molar-refractivity contribution in [1.29, 1.82) is 0 Å². The van der Waals surface area contributed by atoms with Gasteiger partial charge >= 0.3 is 0 Å². The van der Waals surface area contributed by atoms with Crippen molar-refractivity contribution in [3.63, 3.8) is 0 Å². The van der Waals surface area contributed by atoms with E-state index in [0.717, 1.165) is 74.9 Å². The van der Waals surface area contributed by atoms with Gasteiger partial charge in [0, 0.05) is 103 Å². The van der Waals surface area contributed by atoms with Crippen molar-refractivity contribution >= 4 is 80.6 Å². The summed E-state index contributed by atoms with van der Waals surface area (Å²) >= 11 is 6.29. The summed E-state index contributed by atoms with van der Waals surface area (Å²) in [7, 11) is -4.10. The van der Waals surface area contributed by atoms with Gasteiger partial charge in [0.2, 0.25) is 5.88 Å². The molecule has 396 valence electrons. The monoisotopic (exact) mass is 1070 g/mol. The van der Waals surface area contributed by atoms with Crippen molar-refractivity contribution < 1.29 is 37.1 Å². The third-order valence-corrected chi connectivity index (χ3v) is 18.1. The molecule has 0 bridgehead atoms. The normalized spacial score (nSPS) is 20.1. The fourth-order valence-corrected chi connectivity index (χ4v) is 12.2. The Morgan fingerprint density at radius 2 is 1.76 bits per heavy atom. The molecule has 1 unspecified atom stereocenters. The van der Waals surface area contributed by atoms with E-state index in [9.17, 15) is 23.3 Å². The van der Waals surface area contributed by atoms with E-state index in [2.05, 4.69) is 58.5 Å². The summed E-state index contributed by atoms with van der Waals surface area (Å²) in [6.45, 7) is 17.9. The van der Waals surface area contributed by atoms with Crippen LogP contribution in [0.25, 0.3) is 16.6 Å². The topological polar surface area (TPSA) is 183 Å². The first kappa shape index (κ1) is 53.3. The van der Waals surface area contributed by atoms with Crippen molar-refractivity contribution in [2.75, 3.05) is 87.9 Å². The number of amides is 1.